The number of aryl methyl sites for hydroxylation is 1. The van der Waals surface area contributed by atoms with Gasteiger partial charge in [-0.25, -0.2) is 9.97 Å². The first kappa shape index (κ1) is 18.9. The van der Waals surface area contributed by atoms with Gasteiger partial charge < -0.3 is 9.80 Å². The lowest BCUT2D eigenvalue weighted by atomic mass is 9.95. The Morgan fingerprint density at radius 2 is 1.72 bits per heavy atom. The summed E-state index contributed by atoms with van der Waals surface area (Å²) in [4.78, 5) is 16.3. The average Bonchev–Trinajstić information content (AvgIpc) is 3.50. The molecule has 7 nitrogen and oxygen atoms in total. The second-order valence-corrected chi connectivity index (χ2v) is 9.11. The third-order valence-corrected chi connectivity index (χ3v) is 6.77. The number of hydrogen-bond acceptors (Lipinski definition) is 6. The summed E-state index contributed by atoms with van der Waals surface area (Å²) in [6, 6.07) is 3.40. The van der Waals surface area contributed by atoms with Crippen LogP contribution >= 0.6 is 0 Å². The van der Waals surface area contributed by atoms with Crippen LogP contribution in [-0.4, -0.2) is 64.3 Å². The highest BCUT2D eigenvalue weighted by Crippen LogP contribution is 2.36. The fraction of sp³-hybridized carbons (Fsp3) is 0.682. The molecule has 3 aliphatic rings. The minimum atomic E-state index is 0.580. The van der Waals surface area contributed by atoms with E-state index in [1.54, 1.807) is 6.33 Å². The number of anilines is 2. The van der Waals surface area contributed by atoms with Crippen molar-refractivity contribution in [1.29, 1.82) is 0 Å². The molecule has 0 bridgehead atoms. The van der Waals surface area contributed by atoms with Gasteiger partial charge in [0.05, 0.1) is 5.69 Å². The Balaban J connectivity index is 1.24. The third-order valence-electron chi connectivity index (χ3n) is 6.77. The average molecular weight is 396 g/mol. The molecule has 29 heavy (non-hydrogen) atoms. The Kier molecular flexibility index (Phi) is 5.16. The van der Waals surface area contributed by atoms with Crippen LogP contribution in [0.3, 0.4) is 0 Å². The van der Waals surface area contributed by atoms with E-state index in [9.17, 15) is 0 Å². The van der Waals surface area contributed by atoms with Crippen molar-refractivity contribution in [3.63, 3.8) is 0 Å². The summed E-state index contributed by atoms with van der Waals surface area (Å²) in [6.45, 7) is 3.28. The predicted molar refractivity (Wildman–Crippen MR) is 115 cm³/mol. The first-order chi connectivity index (χ1) is 14.2. The van der Waals surface area contributed by atoms with Gasteiger partial charge in [0.2, 0.25) is 0 Å². The van der Waals surface area contributed by atoms with Gasteiger partial charge in [-0.05, 0) is 56.9 Å². The lowest BCUT2D eigenvalue weighted by Crippen LogP contribution is -2.46. The first-order valence-corrected chi connectivity index (χ1v) is 11.2. The van der Waals surface area contributed by atoms with E-state index in [0.29, 0.717) is 12.1 Å². The van der Waals surface area contributed by atoms with E-state index in [-0.39, 0.29) is 0 Å². The Labute approximate surface area is 173 Å². The van der Waals surface area contributed by atoms with Crippen molar-refractivity contribution >= 4 is 11.6 Å². The molecule has 2 aliphatic carbocycles. The molecule has 0 spiro atoms. The van der Waals surface area contributed by atoms with E-state index >= 15 is 0 Å². The fourth-order valence-electron chi connectivity index (χ4n) is 5.00. The van der Waals surface area contributed by atoms with Crippen molar-refractivity contribution in [3.8, 4) is 0 Å². The number of hydrogen-bond donors (Lipinski definition) is 1. The van der Waals surface area contributed by atoms with Crippen molar-refractivity contribution in [2.45, 2.75) is 70.0 Å². The topological polar surface area (TPSA) is 64.2 Å². The zero-order valence-electron chi connectivity index (χ0n) is 17.8. The minimum Gasteiger partial charge on any atom is -0.363 e. The van der Waals surface area contributed by atoms with Gasteiger partial charge in [-0.3, -0.25) is 10.00 Å². The van der Waals surface area contributed by atoms with E-state index < -0.39 is 0 Å². The Morgan fingerprint density at radius 3 is 2.48 bits per heavy atom. The molecule has 1 N–H and O–H groups in total. The number of aromatic nitrogens is 4. The molecular formula is C22H33N7. The van der Waals surface area contributed by atoms with E-state index in [0.717, 1.165) is 31.3 Å². The number of aromatic amines is 1. The highest BCUT2D eigenvalue weighted by atomic mass is 15.3. The Hall–Kier alpha value is -2.15. The van der Waals surface area contributed by atoms with Crippen LogP contribution in [0.4, 0.5) is 11.6 Å². The fourth-order valence-corrected chi connectivity index (χ4v) is 5.00. The normalized spacial score (nSPS) is 20.5. The van der Waals surface area contributed by atoms with E-state index in [1.165, 1.54) is 68.3 Å². The van der Waals surface area contributed by atoms with Gasteiger partial charge in [0, 0.05) is 57.6 Å². The molecule has 1 aliphatic heterocycles. The highest BCUT2D eigenvalue weighted by molar-refractivity contribution is 5.51. The van der Waals surface area contributed by atoms with Crippen molar-refractivity contribution < 1.29 is 0 Å². The van der Waals surface area contributed by atoms with Crippen LogP contribution in [0.2, 0.25) is 0 Å². The number of rotatable bonds is 6. The molecule has 2 fully saturated rings. The van der Waals surface area contributed by atoms with Crippen LogP contribution in [0.15, 0.2) is 12.4 Å². The van der Waals surface area contributed by atoms with Gasteiger partial charge in [0.15, 0.2) is 0 Å². The molecule has 0 radical (unpaired) electrons. The maximum atomic E-state index is 4.66. The summed E-state index contributed by atoms with van der Waals surface area (Å²) in [7, 11) is 4.08. The number of nitrogens with one attached hydrogen (secondary N) is 1. The van der Waals surface area contributed by atoms with Crippen molar-refractivity contribution in [3.05, 3.63) is 29.3 Å². The van der Waals surface area contributed by atoms with Crippen LogP contribution in [0.1, 0.15) is 55.5 Å². The third kappa shape index (κ3) is 3.97. The largest absolute Gasteiger partial charge is 0.363 e. The van der Waals surface area contributed by atoms with Gasteiger partial charge in [0.1, 0.15) is 18.0 Å². The van der Waals surface area contributed by atoms with Gasteiger partial charge >= 0.3 is 0 Å². The molecule has 2 aromatic rings. The number of likely N-dealkylation sites (tertiary alicyclic amines) is 1. The molecule has 0 amide bonds. The Bertz CT molecular complexity index is 833. The highest BCUT2D eigenvalue weighted by Gasteiger charge is 2.36. The quantitative estimate of drug-likeness (QED) is 0.811. The SMILES string of the molecule is CN(C)c1cc(N(C2CC2)C2CCN(Cc3n[nH]c4c3CCCC4)CC2)ncn1. The zero-order chi connectivity index (χ0) is 19.8. The molecule has 1 saturated heterocycles. The number of H-pyrrole nitrogens is 1. The summed E-state index contributed by atoms with van der Waals surface area (Å²) >= 11 is 0. The van der Waals surface area contributed by atoms with Crippen LogP contribution < -0.4 is 9.80 Å². The lowest BCUT2D eigenvalue weighted by Gasteiger charge is -2.39. The summed E-state index contributed by atoms with van der Waals surface area (Å²) in [5.74, 6) is 2.09. The van der Waals surface area contributed by atoms with Crippen LogP contribution in [0.5, 0.6) is 0 Å². The van der Waals surface area contributed by atoms with Crippen molar-refractivity contribution in [1.82, 2.24) is 25.1 Å². The second-order valence-electron chi connectivity index (χ2n) is 9.11. The van der Waals surface area contributed by atoms with Crippen molar-refractivity contribution in [2.24, 2.45) is 0 Å². The molecule has 2 aromatic heterocycles. The maximum Gasteiger partial charge on any atom is 0.134 e. The number of nitrogens with zero attached hydrogens (tertiary/aromatic N) is 6. The van der Waals surface area contributed by atoms with E-state index in [1.807, 2.05) is 14.1 Å². The predicted octanol–water partition coefficient (Wildman–Crippen LogP) is 2.78. The standard InChI is InChI=1S/C22H33N7/c1-27(2)21-13-22(24-15-23-21)29(16-7-8-16)17-9-11-28(12-10-17)14-20-18-5-3-4-6-19(18)25-26-20/h13,15-17H,3-12,14H2,1-2H3,(H,25,26). The molecule has 156 valence electrons. The molecule has 0 aromatic carbocycles. The monoisotopic (exact) mass is 395 g/mol. The van der Waals surface area contributed by atoms with Gasteiger partial charge in [-0.1, -0.05) is 0 Å². The second kappa shape index (κ2) is 7.94. The summed E-state index contributed by atoms with van der Waals surface area (Å²) in [5.41, 5.74) is 4.19. The molecule has 0 unspecified atom stereocenters. The molecule has 7 heteroatoms. The smallest absolute Gasteiger partial charge is 0.134 e. The maximum absolute atomic E-state index is 4.66. The number of fused-ring (bicyclic) bond motifs is 1. The molecule has 5 rings (SSSR count). The minimum absolute atomic E-state index is 0.580. The van der Waals surface area contributed by atoms with Crippen LogP contribution in [-0.2, 0) is 19.4 Å². The van der Waals surface area contributed by atoms with Gasteiger partial charge in [-0.15, -0.1) is 0 Å². The summed E-state index contributed by atoms with van der Waals surface area (Å²) < 4.78 is 0. The molecule has 3 heterocycles. The van der Waals surface area contributed by atoms with Crippen LogP contribution in [0.25, 0.3) is 0 Å². The summed E-state index contributed by atoms with van der Waals surface area (Å²) in [5, 5.41) is 7.96. The van der Waals surface area contributed by atoms with Crippen LogP contribution in [0, 0.1) is 0 Å². The van der Waals surface area contributed by atoms with E-state index in [4.69, 9.17) is 0 Å². The van der Waals surface area contributed by atoms with Gasteiger partial charge in [-0.2, -0.15) is 5.10 Å². The lowest BCUT2D eigenvalue weighted by molar-refractivity contribution is 0.198. The first-order valence-electron chi connectivity index (χ1n) is 11.2. The van der Waals surface area contributed by atoms with E-state index in [2.05, 4.69) is 40.9 Å². The Morgan fingerprint density at radius 1 is 1.00 bits per heavy atom. The summed E-state index contributed by atoms with van der Waals surface area (Å²) in [6.07, 6.45) is 11.7. The molecule has 1 saturated carbocycles. The molecule has 0 atom stereocenters. The van der Waals surface area contributed by atoms with Gasteiger partial charge in [0.25, 0.3) is 0 Å². The number of piperidine rings is 1. The van der Waals surface area contributed by atoms with Crippen molar-refractivity contribution in [2.75, 3.05) is 37.0 Å². The zero-order valence-corrected chi connectivity index (χ0v) is 17.8. The molecular weight excluding hydrogens is 362 g/mol.